The zero-order valence-electron chi connectivity index (χ0n) is 6.93. The van der Waals surface area contributed by atoms with Gasteiger partial charge in [-0.15, -0.1) is 6.42 Å². The average Bonchev–Trinajstić information content (AvgIpc) is 2.18. The van der Waals surface area contributed by atoms with Gasteiger partial charge in [-0.1, -0.05) is 18.1 Å². The first kappa shape index (κ1) is 9.69. The largest absolute Gasteiger partial charge is 0.325 e. The van der Waals surface area contributed by atoms with Crippen LogP contribution in [0.2, 0.25) is 0 Å². The lowest BCUT2D eigenvalue weighted by Gasteiger charge is -2.13. The van der Waals surface area contributed by atoms with Gasteiger partial charge >= 0.3 is 0 Å². The molecule has 1 rings (SSSR count). The van der Waals surface area contributed by atoms with Crippen molar-refractivity contribution in [2.24, 2.45) is 5.73 Å². The number of terminal acetylenes is 1. The Labute approximate surface area is 75.6 Å². The van der Waals surface area contributed by atoms with E-state index in [1.807, 2.05) is 0 Å². The maximum atomic E-state index is 13.0. The molecule has 0 aliphatic carbocycles. The first-order chi connectivity index (χ1) is 6.10. The summed E-state index contributed by atoms with van der Waals surface area (Å²) >= 11 is 0. The number of hydrogen-bond donors (Lipinski definition) is 1. The summed E-state index contributed by atoms with van der Waals surface area (Å²) in [6.45, 7) is -0.707. The van der Waals surface area contributed by atoms with E-state index in [0.29, 0.717) is 5.56 Å². The highest BCUT2D eigenvalue weighted by molar-refractivity contribution is 5.36. The van der Waals surface area contributed by atoms with Gasteiger partial charge in [-0.05, 0) is 12.1 Å². The van der Waals surface area contributed by atoms with Gasteiger partial charge in [0.1, 0.15) is 0 Å². The van der Waals surface area contributed by atoms with Gasteiger partial charge in [0.2, 0.25) is 0 Å². The molecule has 3 heteroatoms. The summed E-state index contributed by atoms with van der Waals surface area (Å²) in [5, 5.41) is 0. The van der Waals surface area contributed by atoms with Crippen molar-refractivity contribution in [3.63, 3.8) is 0 Å². The second-order valence-corrected chi connectivity index (χ2v) is 2.63. The summed E-state index contributed by atoms with van der Waals surface area (Å²) in [5.74, 6) is -0.704. The summed E-state index contributed by atoms with van der Waals surface area (Å²) in [4.78, 5) is 0. The zero-order valence-corrected chi connectivity index (χ0v) is 6.93. The molecule has 0 amide bonds. The fourth-order valence-electron chi connectivity index (χ4n) is 0.954. The standard InChI is InChI=1S/C10H9F2N/c1-2-8-4-3-5-9(6-8)10(11,12)7-13/h1,3-6H,7,13H2. The summed E-state index contributed by atoms with van der Waals surface area (Å²) in [6.07, 6.45) is 5.08. The molecule has 1 aromatic carbocycles. The van der Waals surface area contributed by atoms with Gasteiger partial charge in [-0.2, -0.15) is 8.78 Å². The van der Waals surface area contributed by atoms with Crippen molar-refractivity contribution in [1.82, 2.24) is 0 Å². The molecular weight excluding hydrogens is 172 g/mol. The molecule has 2 N–H and O–H groups in total. The van der Waals surface area contributed by atoms with E-state index in [1.165, 1.54) is 18.2 Å². The molecule has 0 spiro atoms. The number of hydrogen-bond acceptors (Lipinski definition) is 1. The lowest BCUT2D eigenvalue weighted by molar-refractivity contribution is 0.00593. The first-order valence-electron chi connectivity index (χ1n) is 3.75. The highest BCUT2D eigenvalue weighted by Gasteiger charge is 2.29. The minimum Gasteiger partial charge on any atom is -0.325 e. The summed E-state index contributed by atoms with van der Waals surface area (Å²) in [5.41, 5.74) is 5.23. The van der Waals surface area contributed by atoms with E-state index < -0.39 is 12.5 Å². The van der Waals surface area contributed by atoms with Crippen molar-refractivity contribution in [1.29, 1.82) is 0 Å². The van der Waals surface area contributed by atoms with E-state index in [2.05, 4.69) is 5.92 Å². The summed E-state index contributed by atoms with van der Waals surface area (Å²) < 4.78 is 26.0. The second kappa shape index (κ2) is 3.55. The van der Waals surface area contributed by atoms with Crippen LogP contribution in [0.15, 0.2) is 24.3 Å². The third-order valence-corrected chi connectivity index (χ3v) is 1.71. The molecule has 1 nitrogen and oxygen atoms in total. The van der Waals surface area contributed by atoms with Crippen LogP contribution in [0.3, 0.4) is 0 Å². The van der Waals surface area contributed by atoms with Crippen LogP contribution in [0.4, 0.5) is 8.78 Å². The monoisotopic (exact) mass is 181 g/mol. The second-order valence-electron chi connectivity index (χ2n) is 2.63. The average molecular weight is 181 g/mol. The molecule has 0 bridgehead atoms. The van der Waals surface area contributed by atoms with Crippen molar-refractivity contribution < 1.29 is 8.78 Å². The molecule has 68 valence electrons. The number of halogens is 2. The van der Waals surface area contributed by atoms with Gasteiger partial charge in [0, 0.05) is 11.1 Å². The molecule has 0 aromatic heterocycles. The van der Waals surface area contributed by atoms with Crippen molar-refractivity contribution in [3.05, 3.63) is 35.4 Å². The smallest absolute Gasteiger partial charge is 0.285 e. The molecule has 1 aromatic rings. The van der Waals surface area contributed by atoms with Crippen molar-refractivity contribution in [2.75, 3.05) is 6.54 Å². The molecule has 0 saturated heterocycles. The van der Waals surface area contributed by atoms with Crippen LogP contribution in [0, 0.1) is 12.3 Å². The third kappa shape index (κ3) is 2.04. The quantitative estimate of drug-likeness (QED) is 0.691. The molecule has 0 saturated carbocycles. The van der Waals surface area contributed by atoms with Crippen LogP contribution in [0.1, 0.15) is 11.1 Å². The Bertz CT molecular complexity index is 339. The van der Waals surface area contributed by atoms with Crippen LogP contribution in [0.5, 0.6) is 0 Å². The van der Waals surface area contributed by atoms with Crippen molar-refractivity contribution >= 4 is 0 Å². The molecule has 13 heavy (non-hydrogen) atoms. The fourth-order valence-corrected chi connectivity index (χ4v) is 0.954. The predicted octanol–water partition coefficient (Wildman–Crippen LogP) is 1.72. The van der Waals surface area contributed by atoms with Gasteiger partial charge < -0.3 is 5.73 Å². The Morgan fingerprint density at radius 2 is 2.15 bits per heavy atom. The Morgan fingerprint density at radius 1 is 1.46 bits per heavy atom. The van der Waals surface area contributed by atoms with Crippen LogP contribution in [0.25, 0.3) is 0 Å². The minimum atomic E-state index is -2.99. The number of alkyl halides is 2. The SMILES string of the molecule is C#Cc1cccc(C(F)(F)CN)c1. The van der Waals surface area contributed by atoms with Gasteiger partial charge in [0.25, 0.3) is 5.92 Å². The molecule has 0 aliphatic heterocycles. The number of nitrogens with two attached hydrogens (primary N) is 1. The highest BCUT2D eigenvalue weighted by atomic mass is 19.3. The van der Waals surface area contributed by atoms with Crippen LogP contribution < -0.4 is 5.73 Å². The number of rotatable bonds is 2. The fraction of sp³-hybridized carbons (Fsp3) is 0.200. The molecule has 0 heterocycles. The maximum absolute atomic E-state index is 13.0. The van der Waals surface area contributed by atoms with E-state index in [-0.39, 0.29) is 5.56 Å². The van der Waals surface area contributed by atoms with Gasteiger partial charge in [-0.25, -0.2) is 0 Å². The molecule has 0 radical (unpaired) electrons. The number of benzene rings is 1. The van der Waals surface area contributed by atoms with E-state index in [0.717, 1.165) is 0 Å². The molecular formula is C10H9F2N. The molecule has 0 fully saturated rings. The Kier molecular flexibility index (Phi) is 2.64. The minimum absolute atomic E-state index is 0.134. The lowest BCUT2D eigenvalue weighted by atomic mass is 10.1. The molecule has 0 aliphatic rings. The summed E-state index contributed by atoms with van der Waals surface area (Å²) in [7, 11) is 0. The first-order valence-corrected chi connectivity index (χ1v) is 3.75. The van der Waals surface area contributed by atoms with E-state index in [9.17, 15) is 8.78 Å². The normalized spacial score (nSPS) is 10.9. The zero-order chi connectivity index (χ0) is 9.90. The van der Waals surface area contributed by atoms with Crippen LogP contribution >= 0.6 is 0 Å². The Hall–Kier alpha value is -1.40. The molecule has 0 unspecified atom stereocenters. The van der Waals surface area contributed by atoms with E-state index in [4.69, 9.17) is 12.2 Å². The summed E-state index contributed by atoms with van der Waals surface area (Å²) in [6, 6.07) is 5.67. The van der Waals surface area contributed by atoms with Gasteiger partial charge in [0.05, 0.1) is 6.54 Å². The van der Waals surface area contributed by atoms with Crippen molar-refractivity contribution in [3.8, 4) is 12.3 Å². The van der Waals surface area contributed by atoms with Crippen molar-refractivity contribution in [2.45, 2.75) is 5.92 Å². The Morgan fingerprint density at radius 3 is 2.69 bits per heavy atom. The van der Waals surface area contributed by atoms with Crippen LogP contribution in [-0.2, 0) is 5.92 Å². The van der Waals surface area contributed by atoms with E-state index in [1.54, 1.807) is 6.07 Å². The highest BCUT2D eigenvalue weighted by Crippen LogP contribution is 2.26. The third-order valence-electron chi connectivity index (χ3n) is 1.71. The Balaban J connectivity index is 3.10. The van der Waals surface area contributed by atoms with Gasteiger partial charge in [0.15, 0.2) is 0 Å². The topological polar surface area (TPSA) is 26.0 Å². The van der Waals surface area contributed by atoms with Gasteiger partial charge in [-0.3, -0.25) is 0 Å². The van der Waals surface area contributed by atoms with E-state index >= 15 is 0 Å². The maximum Gasteiger partial charge on any atom is 0.285 e. The predicted molar refractivity (Wildman–Crippen MR) is 47.3 cm³/mol. The lowest BCUT2D eigenvalue weighted by Crippen LogP contribution is -2.25. The molecule has 0 atom stereocenters. The van der Waals surface area contributed by atoms with Crippen LogP contribution in [-0.4, -0.2) is 6.54 Å².